The highest BCUT2D eigenvalue weighted by atomic mass is 16.5. The van der Waals surface area contributed by atoms with E-state index in [1.807, 2.05) is 6.79 Å². The summed E-state index contributed by atoms with van der Waals surface area (Å²) in [6.07, 6.45) is 2.37. The van der Waals surface area contributed by atoms with E-state index in [1.54, 1.807) is 0 Å². The third-order valence-corrected chi connectivity index (χ3v) is 3.41. The van der Waals surface area contributed by atoms with Crippen molar-refractivity contribution in [2.45, 2.75) is 45.3 Å². The molecule has 1 fully saturated rings. The summed E-state index contributed by atoms with van der Waals surface area (Å²) < 4.78 is 5.83. The molecule has 0 aromatic heterocycles. The molecule has 1 aliphatic heterocycles. The van der Waals surface area contributed by atoms with E-state index in [9.17, 15) is 0 Å². The van der Waals surface area contributed by atoms with Crippen LogP contribution in [0.15, 0.2) is 30.3 Å². The van der Waals surface area contributed by atoms with Crippen molar-refractivity contribution in [3.8, 4) is 0 Å². The van der Waals surface area contributed by atoms with Crippen LogP contribution < -0.4 is 5.32 Å². The van der Waals surface area contributed by atoms with E-state index in [4.69, 9.17) is 9.53 Å². The van der Waals surface area contributed by atoms with Gasteiger partial charge in [-0.1, -0.05) is 18.2 Å². The van der Waals surface area contributed by atoms with Gasteiger partial charge in [0, 0.05) is 24.8 Å². The zero-order valence-electron chi connectivity index (χ0n) is 13.5. The fourth-order valence-corrected chi connectivity index (χ4v) is 2.26. The lowest BCUT2D eigenvalue weighted by Gasteiger charge is -2.34. The molecule has 4 nitrogen and oxygen atoms in total. The third-order valence-electron chi connectivity index (χ3n) is 3.41. The topological polar surface area (TPSA) is 41.6 Å². The van der Waals surface area contributed by atoms with Gasteiger partial charge in [0.1, 0.15) is 6.79 Å². The normalized spacial score (nSPS) is 16.9. The number of benzene rings is 1. The maximum atomic E-state index is 8.00. The summed E-state index contributed by atoms with van der Waals surface area (Å²) in [6.45, 7) is 11.3. The number of nitrogens with one attached hydrogen (secondary N) is 1. The van der Waals surface area contributed by atoms with Gasteiger partial charge in [-0.25, -0.2) is 0 Å². The van der Waals surface area contributed by atoms with Gasteiger partial charge in [-0.15, -0.1) is 0 Å². The molecule has 4 heteroatoms. The van der Waals surface area contributed by atoms with Crippen LogP contribution in [0.25, 0.3) is 0 Å². The zero-order chi connectivity index (χ0) is 15.7. The molecule has 1 aliphatic rings. The largest absolute Gasteiger partial charge is 0.382 e. The minimum atomic E-state index is -0.0425. The molecule has 1 aromatic rings. The molecular weight excluding hydrogens is 264 g/mol. The Morgan fingerprint density at radius 3 is 2.29 bits per heavy atom. The van der Waals surface area contributed by atoms with Gasteiger partial charge in [0.2, 0.25) is 0 Å². The minimum absolute atomic E-state index is 0.0425. The van der Waals surface area contributed by atoms with Crippen LogP contribution in [0.5, 0.6) is 0 Å². The van der Waals surface area contributed by atoms with Gasteiger partial charge < -0.3 is 14.8 Å². The monoisotopic (exact) mass is 292 g/mol. The van der Waals surface area contributed by atoms with Crippen molar-refractivity contribution in [3.63, 3.8) is 0 Å². The van der Waals surface area contributed by atoms with Gasteiger partial charge in [0.15, 0.2) is 0 Å². The molecule has 1 saturated heterocycles. The lowest BCUT2D eigenvalue weighted by Crippen LogP contribution is -2.41. The van der Waals surface area contributed by atoms with Gasteiger partial charge >= 0.3 is 0 Å². The van der Waals surface area contributed by atoms with Gasteiger partial charge in [0.05, 0.1) is 12.3 Å². The first-order valence-electron chi connectivity index (χ1n) is 7.50. The van der Waals surface area contributed by atoms with Crippen LogP contribution in [0.1, 0.15) is 33.6 Å². The van der Waals surface area contributed by atoms with E-state index in [2.05, 4.69) is 61.3 Å². The predicted molar refractivity (Wildman–Crippen MR) is 87.5 cm³/mol. The lowest BCUT2D eigenvalue weighted by atomic mass is 10.1. The first-order chi connectivity index (χ1) is 10.0. The summed E-state index contributed by atoms with van der Waals surface area (Å²) in [5.74, 6) is 0. The molecule has 0 atom stereocenters. The molecule has 0 saturated carbocycles. The van der Waals surface area contributed by atoms with E-state index >= 15 is 0 Å². The second-order valence-corrected chi connectivity index (χ2v) is 6.29. The molecule has 2 rings (SSSR count). The van der Waals surface area contributed by atoms with Crippen molar-refractivity contribution in [2.24, 2.45) is 0 Å². The second kappa shape index (κ2) is 8.80. The average Bonchev–Trinajstić information content (AvgIpc) is 2.49. The van der Waals surface area contributed by atoms with Crippen LogP contribution in [0.3, 0.4) is 0 Å². The Kier molecular flexibility index (Phi) is 7.40. The number of nitrogens with zero attached hydrogens (tertiary/aromatic N) is 1. The van der Waals surface area contributed by atoms with Crippen LogP contribution in [0, 0.1) is 0 Å². The highest BCUT2D eigenvalue weighted by molar-refractivity contribution is 5.43. The third kappa shape index (κ3) is 7.25. The van der Waals surface area contributed by atoms with Crippen LogP contribution in [0.4, 0.5) is 5.69 Å². The molecular formula is C17H28N2O2. The maximum Gasteiger partial charge on any atom is 0.106 e. The highest BCUT2D eigenvalue weighted by Crippen LogP contribution is 2.17. The number of carbonyl (C=O) groups is 1. The number of carbonyl (C=O) groups excluding carboxylic acids is 1. The molecule has 0 aliphatic carbocycles. The number of anilines is 1. The van der Waals surface area contributed by atoms with Gasteiger partial charge in [0.25, 0.3) is 0 Å². The molecule has 0 amide bonds. The molecule has 1 aromatic carbocycles. The number of likely N-dealkylation sites (tertiary alicyclic amines) is 1. The first-order valence-corrected chi connectivity index (χ1v) is 7.50. The van der Waals surface area contributed by atoms with E-state index in [0.29, 0.717) is 6.04 Å². The van der Waals surface area contributed by atoms with Crippen molar-refractivity contribution in [1.82, 2.24) is 4.90 Å². The SMILES string of the molecule is C=O.CC(C)(C)OCN1CCC(Nc2ccccc2)CC1. The quantitative estimate of drug-likeness (QED) is 0.925. The molecule has 21 heavy (non-hydrogen) atoms. The zero-order valence-corrected chi connectivity index (χ0v) is 13.5. The Morgan fingerprint density at radius 1 is 1.19 bits per heavy atom. The molecule has 0 spiro atoms. The Balaban J connectivity index is 0.00000106. The Labute approximate surface area is 128 Å². The number of para-hydroxylation sites is 1. The van der Waals surface area contributed by atoms with Gasteiger partial charge in [-0.3, -0.25) is 4.90 Å². The number of piperidine rings is 1. The first kappa shape index (κ1) is 17.7. The van der Waals surface area contributed by atoms with E-state index < -0.39 is 0 Å². The fourth-order valence-electron chi connectivity index (χ4n) is 2.26. The summed E-state index contributed by atoms with van der Waals surface area (Å²) >= 11 is 0. The molecule has 0 unspecified atom stereocenters. The minimum Gasteiger partial charge on any atom is -0.382 e. The number of hydrogen-bond acceptors (Lipinski definition) is 4. The van der Waals surface area contributed by atoms with Crippen molar-refractivity contribution in [1.29, 1.82) is 0 Å². The molecule has 118 valence electrons. The molecule has 0 bridgehead atoms. The van der Waals surface area contributed by atoms with E-state index in [1.165, 1.54) is 18.5 Å². The number of hydrogen-bond donors (Lipinski definition) is 1. The Hall–Kier alpha value is -1.39. The Morgan fingerprint density at radius 2 is 1.76 bits per heavy atom. The molecule has 0 radical (unpaired) electrons. The second-order valence-electron chi connectivity index (χ2n) is 6.29. The van der Waals surface area contributed by atoms with Gasteiger partial charge in [-0.2, -0.15) is 0 Å². The van der Waals surface area contributed by atoms with Crippen LogP contribution in [-0.4, -0.2) is 43.2 Å². The van der Waals surface area contributed by atoms with Crippen LogP contribution in [-0.2, 0) is 9.53 Å². The summed E-state index contributed by atoms with van der Waals surface area (Å²) in [6, 6.07) is 11.1. The standard InChI is InChI=1S/C16H26N2O.CH2O/c1-16(2,3)19-13-18-11-9-15(10-12-18)17-14-7-5-4-6-8-14;1-2/h4-8,15,17H,9-13H2,1-3H3;1H2. The smallest absolute Gasteiger partial charge is 0.106 e. The van der Waals surface area contributed by atoms with Crippen molar-refractivity contribution >= 4 is 12.5 Å². The summed E-state index contributed by atoms with van der Waals surface area (Å²) in [5, 5.41) is 3.61. The number of rotatable bonds is 4. The highest BCUT2D eigenvalue weighted by Gasteiger charge is 2.20. The number of ether oxygens (including phenoxy) is 1. The maximum absolute atomic E-state index is 8.00. The summed E-state index contributed by atoms with van der Waals surface area (Å²) in [4.78, 5) is 10.4. The Bertz CT molecular complexity index is 382. The van der Waals surface area contributed by atoms with Crippen LogP contribution >= 0.6 is 0 Å². The van der Waals surface area contributed by atoms with Crippen molar-refractivity contribution in [2.75, 3.05) is 25.1 Å². The predicted octanol–water partition coefficient (Wildman–Crippen LogP) is 3.15. The van der Waals surface area contributed by atoms with E-state index in [0.717, 1.165) is 19.8 Å². The average molecular weight is 292 g/mol. The van der Waals surface area contributed by atoms with Gasteiger partial charge in [-0.05, 0) is 45.7 Å². The molecule has 1 heterocycles. The van der Waals surface area contributed by atoms with E-state index in [-0.39, 0.29) is 5.60 Å². The fraction of sp³-hybridized carbons (Fsp3) is 0.588. The van der Waals surface area contributed by atoms with Crippen molar-refractivity contribution < 1.29 is 9.53 Å². The summed E-state index contributed by atoms with van der Waals surface area (Å²) in [5.41, 5.74) is 1.19. The van der Waals surface area contributed by atoms with Crippen LogP contribution in [0.2, 0.25) is 0 Å². The molecule has 1 N–H and O–H groups in total. The summed E-state index contributed by atoms with van der Waals surface area (Å²) in [7, 11) is 0. The lowest BCUT2D eigenvalue weighted by molar-refractivity contribution is -0.0980. The van der Waals surface area contributed by atoms with Crippen molar-refractivity contribution in [3.05, 3.63) is 30.3 Å².